The third-order valence-corrected chi connectivity index (χ3v) is 11.7. The van der Waals surface area contributed by atoms with Crippen LogP contribution in [-0.4, -0.2) is 81.4 Å². The zero-order valence-electron chi connectivity index (χ0n) is 23.1. The molecule has 0 spiro atoms. The van der Waals surface area contributed by atoms with Gasteiger partial charge in [0.05, 0.1) is 11.8 Å². The predicted octanol–water partition coefficient (Wildman–Crippen LogP) is 3.60. The Hall–Kier alpha value is -1.65. The number of rotatable bonds is 4. The van der Waals surface area contributed by atoms with Crippen molar-refractivity contribution in [1.29, 1.82) is 0 Å². The lowest BCUT2D eigenvalue weighted by Crippen LogP contribution is -2.54. The molecule has 0 unspecified atom stereocenters. The number of likely N-dealkylation sites (tertiary alicyclic amines) is 1. The van der Waals surface area contributed by atoms with E-state index in [1.165, 1.54) is 4.88 Å². The quantitative estimate of drug-likeness (QED) is 0.581. The molecule has 38 heavy (non-hydrogen) atoms. The molecule has 3 fully saturated rings. The molecule has 8 nitrogen and oxygen atoms in total. The largest absolute Gasteiger partial charge is 0.392 e. The highest BCUT2D eigenvalue weighted by Crippen LogP contribution is 2.57. The summed E-state index contributed by atoms with van der Waals surface area (Å²) >= 11 is 3.47. The standard InChI is InChI=1S/C28H42N4O4S2/c1-16(26(36)32-11-13-37-14-12-32)20-5-8-28(4)15-21-23(17(2)22(28)24(20)34)29-27(38-21)30-25(35)19-6-9-31(10-7-19)18(3)33/h16-17,19-20,22,24,34H,5-15H2,1-4H3,(H,29,30,35)/t16-,17-,20-,22+,24-,28+/m0/s1. The van der Waals surface area contributed by atoms with Crippen LogP contribution in [0.25, 0.3) is 0 Å². The maximum Gasteiger partial charge on any atom is 0.229 e. The SMILES string of the molecule is CC(=O)N1CCC(C(=O)Nc2nc3c(s2)C[C@@]2(C)CC[C@@H]([C@H](C)C(=O)N4CCSCC4)[C@H](O)[C@H]2[C@@H]3C)CC1. The summed E-state index contributed by atoms with van der Waals surface area (Å²) in [6, 6.07) is 0. The van der Waals surface area contributed by atoms with Crippen molar-refractivity contribution in [3.8, 4) is 0 Å². The van der Waals surface area contributed by atoms with Gasteiger partial charge in [0.2, 0.25) is 17.7 Å². The molecule has 1 aromatic rings. The molecule has 0 radical (unpaired) electrons. The number of nitrogens with one attached hydrogen (secondary N) is 1. The third-order valence-electron chi connectivity index (χ3n) is 9.82. The Balaban J connectivity index is 1.27. The van der Waals surface area contributed by atoms with Crippen molar-refractivity contribution < 1.29 is 19.5 Å². The Morgan fingerprint density at radius 1 is 1.11 bits per heavy atom. The van der Waals surface area contributed by atoms with E-state index in [-0.39, 0.29) is 52.7 Å². The smallest absolute Gasteiger partial charge is 0.229 e. The van der Waals surface area contributed by atoms with Crippen molar-refractivity contribution in [2.75, 3.05) is 43.0 Å². The van der Waals surface area contributed by atoms with Crippen LogP contribution >= 0.6 is 23.1 Å². The molecule has 0 bridgehead atoms. The lowest BCUT2D eigenvalue weighted by atomic mass is 9.53. The van der Waals surface area contributed by atoms with Crippen LogP contribution < -0.4 is 5.32 Å². The maximum atomic E-state index is 13.3. The minimum absolute atomic E-state index is 0.0147. The fraction of sp³-hybridized carbons (Fsp3) is 0.786. The summed E-state index contributed by atoms with van der Waals surface area (Å²) < 4.78 is 0. The summed E-state index contributed by atoms with van der Waals surface area (Å²) in [7, 11) is 0. The van der Waals surface area contributed by atoms with E-state index >= 15 is 0 Å². The summed E-state index contributed by atoms with van der Waals surface area (Å²) in [4.78, 5) is 47.8. The average Bonchev–Trinajstić information content (AvgIpc) is 3.30. The molecule has 3 amide bonds. The van der Waals surface area contributed by atoms with Gasteiger partial charge in [-0.2, -0.15) is 11.8 Å². The zero-order valence-corrected chi connectivity index (χ0v) is 24.7. The molecular formula is C28H42N4O4S2. The van der Waals surface area contributed by atoms with E-state index in [0.717, 1.165) is 49.6 Å². The highest BCUT2D eigenvalue weighted by molar-refractivity contribution is 7.99. The first kappa shape index (κ1) is 27.9. The first-order valence-corrected chi connectivity index (χ1v) is 16.2. The molecule has 2 N–H and O–H groups in total. The van der Waals surface area contributed by atoms with Crippen LogP contribution in [0.5, 0.6) is 0 Å². The lowest BCUT2D eigenvalue weighted by molar-refractivity contribution is -0.144. The van der Waals surface area contributed by atoms with E-state index < -0.39 is 6.10 Å². The molecule has 1 saturated carbocycles. The van der Waals surface area contributed by atoms with Gasteiger partial charge >= 0.3 is 0 Å². The Labute approximate surface area is 234 Å². The van der Waals surface area contributed by atoms with Gasteiger partial charge in [0.25, 0.3) is 0 Å². The van der Waals surface area contributed by atoms with Crippen molar-refractivity contribution >= 4 is 46.0 Å². The molecule has 1 aromatic heterocycles. The third kappa shape index (κ3) is 5.24. The van der Waals surface area contributed by atoms with Gasteiger partial charge < -0.3 is 20.2 Å². The number of anilines is 1. The summed E-state index contributed by atoms with van der Waals surface area (Å²) in [5.74, 6) is 1.97. The summed E-state index contributed by atoms with van der Waals surface area (Å²) in [5, 5.41) is 15.4. The number of aliphatic hydroxyl groups excluding tert-OH is 1. The van der Waals surface area contributed by atoms with Crippen molar-refractivity contribution in [3.63, 3.8) is 0 Å². The van der Waals surface area contributed by atoms with Gasteiger partial charge in [-0.3, -0.25) is 14.4 Å². The van der Waals surface area contributed by atoms with Crippen molar-refractivity contribution in [2.24, 2.45) is 29.1 Å². The number of aromatic nitrogens is 1. The normalized spacial score (nSPS) is 32.8. The number of hydrogen-bond donors (Lipinski definition) is 2. The number of carbonyl (C=O) groups is 3. The second-order valence-electron chi connectivity index (χ2n) is 12.2. The molecule has 5 rings (SSSR count). The van der Waals surface area contributed by atoms with Gasteiger partial charge in [-0.05, 0) is 49.4 Å². The first-order chi connectivity index (χ1) is 18.1. The molecule has 3 heterocycles. The molecule has 2 aliphatic heterocycles. The second kappa shape index (κ2) is 11.1. The van der Waals surface area contributed by atoms with E-state index in [9.17, 15) is 19.5 Å². The van der Waals surface area contributed by atoms with Crippen molar-refractivity contribution in [3.05, 3.63) is 10.6 Å². The van der Waals surface area contributed by atoms with Gasteiger partial charge in [0, 0.05) is 67.2 Å². The number of thiazole rings is 1. The topological polar surface area (TPSA) is 103 Å². The van der Waals surface area contributed by atoms with Crippen molar-refractivity contribution in [2.45, 2.75) is 71.8 Å². The first-order valence-electron chi connectivity index (χ1n) is 14.2. The van der Waals surface area contributed by atoms with Crippen molar-refractivity contribution in [1.82, 2.24) is 14.8 Å². The minimum Gasteiger partial charge on any atom is -0.392 e. The number of carbonyl (C=O) groups excluding carboxylic acids is 3. The molecule has 210 valence electrons. The number of aliphatic hydroxyl groups is 1. The Kier molecular flexibility index (Phi) is 8.14. The fourth-order valence-electron chi connectivity index (χ4n) is 7.52. The highest BCUT2D eigenvalue weighted by atomic mass is 32.2. The van der Waals surface area contributed by atoms with E-state index in [4.69, 9.17) is 4.98 Å². The van der Waals surface area contributed by atoms with Crippen LogP contribution in [0.3, 0.4) is 0 Å². The predicted molar refractivity (Wildman–Crippen MR) is 151 cm³/mol. The van der Waals surface area contributed by atoms with Crippen LogP contribution in [0.15, 0.2) is 0 Å². The van der Waals surface area contributed by atoms with Gasteiger partial charge in [-0.25, -0.2) is 4.98 Å². The van der Waals surface area contributed by atoms with Crippen LogP contribution in [0.4, 0.5) is 5.13 Å². The van der Waals surface area contributed by atoms with Crippen LogP contribution in [0, 0.1) is 29.1 Å². The minimum atomic E-state index is -0.554. The summed E-state index contributed by atoms with van der Waals surface area (Å²) in [5.41, 5.74) is 0.936. The number of hydrogen-bond acceptors (Lipinski definition) is 7. The number of piperidine rings is 1. The van der Waals surface area contributed by atoms with Gasteiger partial charge in [-0.1, -0.05) is 20.8 Å². The average molecular weight is 563 g/mol. The van der Waals surface area contributed by atoms with E-state index in [2.05, 4.69) is 19.2 Å². The number of amides is 3. The molecule has 2 aliphatic carbocycles. The van der Waals surface area contributed by atoms with E-state index in [1.54, 1.807) is 23.2 Å². The molecule has 6 atom stereocenters. The Bertz CT molecular complexity index is 1070. The Morgan fingerprint density at radius 3 is 2.45 bits per heavy atom. The van der Waals surface area contributed by atoms with Crippen LogP contribution in [-0.2, 0) is 20.8 Å². The number of fused-ring (bicyclic) bond motifs is 2. The molecular weight excluding hydrogens is 520 g/mol. The lowest BCUT2D eigenvalue weighted by Gasteiger charge is -2.53. The number of thioether (sulfide) groups is 1. The van der Waals surface area contributed by atoms with Gasteiger partial charge in [-0.15, -0.1) is 11.3 Å². The van der Waals surface area contributed by atoms with Crippen LogP contribution in [0.1, 0.15) is 69.9 Å². The Morgan fingerprint density at radius 2 is 1.79 bits per heavy atom. The van der Waals surface area contributed by atoms with Crippen LogP contribution in [0.2, 0.25) is 0 Å². The highest BCUT2D eigenvalue weighted by Gasteiger charge is 2.54. The van der Waals surface area contributed by atoms with Gasteiger partial charge in [0.1, 0.15) is 0 Å². The van der Waals surface area contributed by atoms with E-state index in [0.29, 0.717) is 31.1 Å². The summed E-state index contributed by atoms with van der Waals surface area (Å²) in [6.45, 7) is 10.9. The summed E-state index contributed by atoms with van der Waals surface area (Å²) in [6.07, 6.45) is 3.47. The number of nitrogens with zero attached hydrogens (tertiary/aromatic N) is 3. The van der Waals surface area contributed by atoms with E-state index in [1.807, 2.05) is 23.6 Å². The maximum absolute atomic E-state index is 13.3. The molecule has 0 aromatic carbocycles. The molecule has 4 aliphatic rings. The molecule has 2 saturated heterocycles. The fourth-order valence-corrected chi connectivity index (χ4v) is 9.69. The zero-order chi connectivity index (χ0) is 27.2. The molecule has 10 heteroatoms. The second-order valence-corrected chi connectivity index (χ2v) is 14.5. The monoisotopic (exact) mass is 562 g/mol. The van der Waals surface area contributed by atoms with Gasteiger partial charge in [0.15, 0.2) is 5.13 Å².